The Labute approximate surface area is 116 Å². The summed E-state index contributed by atoms with van der Waals surface area (Å²) in [5.41, 5.74) is -5.92. The van der Waals surface area contributed by atoms with Crippen molar-refractivity contribution in [1.29, 1.82) is 0 Å². The molecule has 4 bridgehead atoms. The monoisotopic (exact) mass is 280 g/mol. The van der Waals surface area contributed by atoms with E-state index in [4.69, 9.17) is 4.74 Å². The number of fused-ring (bicyclic) bond motifs is 12. The zero-order chi connectivity index (χ0) is 14.1. The van der Waals surface area contributed by atoms with Crippen LogP contribution in [0.2, 0.25) is 0 Å². The van der Waals surface area contributed by atoms with Crippen molar-refractivity contribution >= 4 is 5.97 Å². The maximum Gasteiger partial charge on any atom is 0.348 e. The van der Waals surface area contributed by atoms with Gasteiger partial charge in [0.05, 0.1) is 0 Å². The molecular weight excluding hydrogens is 262 g/mol. The number of hydrogen-bond donors (Lipinski definition) is 0. The summed E-state index contributed by atoms with van der Waals surface area (Å²) in [6, 6.07) is 0. The van der Waals surface area contributed by atoms with Crippen molar-refractivity contribution < 1.29 is 18.3 Å². The first-order chi connectivity index (χ1) is 9.32. The zero-order valence-corrected chi connectivity index (χ0v) is 11.6. The van der Waals surface area contributed by atoms with Gasteiger partial charge in [-0.25, -0.2) is 13.6 Å². The molecular formula is C16H18F2O2. The molecule has 1 saturated heterocycles. The summed E-state index contributed by atoms with van der Waals surface area (Å²) < 4.78 is 36.5. The van der Waals surface area contributed by atoms with E-state index in [0.717, 1.165) is 6.42 Å². The third-order valence-electron chi connectivity index (χ3n) is 7.09. The van der Waals surface area contributed by atoms with Gasteiger partial charge in [-0.05, 0) is 50.4 Å². The highest BCUT2D eigenvalue weighted by Gasteiger charge is 2.89. The largest absolute Gasteiger partial charge is 0.454 e. The first-order valence-corrected chi connectivity index (χ1v) is 7.62. The molecule has 4 aliphatic carbocycles. The van der Waals surface area contributed by atoms with Crippen molar-refractivity contribution in [3.63, 3.8) is 0 Å². The minimum absolute atomic E-state index is 0.144. The number of esters is 1. The highest BCUT2D eigenvalue weighted by atomic mass is 19.2. The van der Waals surface area contributed by atoms with Crippen LogP contribution in [0.4, 0.5) is 8.78 Å². The fourth-order valence-electron chi connectivity index (χ4n) is 6.58. The minimum atomic E-state index is -2.42. The summed E-state index contributed by atoms with van der Waals surface area (Å²) >= 11 is 0. The lowest BCUT2D eigenvalue weighted by Crippen LogP contribution is -2.63. The van der Waals surface area contributed by atoms with E-state index in [2.05, 4.69) is 12.2 Å². The number of hydrogen-bond acceptors (Lipinski definition) is 2. The van der Waals surface area contributed by atoms with Crippen molar-refractivity contribution in [3.8, 4) is 0 Å². The Morgan fingerprint density at radius 1 is 1.10 bits per heavy atom. The van der Waals surface area contributed by atoms with Crippen molar-refractivity contribution in [2.75, 3.05) is 0 Å². The van der Waals surface area contributed by atoms with Crippen molar-refractivity contribution in [1.82, 2.24) is 0 Å². The predicted octanol–water partition coefficient (Wildman–Crippen LogP) is 2.83. The van der Waals surface area contributed by atoms with E-state index in [1.165, 1.54) is 13.8 Å². The number of carbonyl (C=O) groups is 1. The average molecular weight is 280 g/mol. The van der Waals surface area contributed by atoms with Crippen LogP contribution in [0.15, 0.2) is 12.2 Å². The summed E-state index contributed by atoms with van der Waals surface area (Å²) in [4.78, 5) is 12.1. The van der Waals surface area contributed by atoms with Gasteiger partial charge in [-0.15, -0.1) is 0 Å². The second-order valence-corrected chi connectivity index (χ2v) is 7.88. The molecule has 0 aromatic carbocycles. The summed E-state index contributed by atoms with van der Waals surface area (Å²) in [7, 11) is 0. The van der Waals surface area contributed by atoms with Crippen LogP contribution in [0, 0.1) is 35.5 Å². The quantitative estimate of drug-likeness (QED) is 0.387. The lowest BCUT2D eigenvalue weighted by Gasteiger charge is -2.46. The Balaban J connectivity index is 1.73. The van der Waals surface area contributed by atoms with Crippen molar-refractivity contribution in [3.05, 3.63) is 12.2 Å². The van der Waals surface area contributed by atoms with Crippen LogP contribution in [0.25, 0.3) is 0 Å². The van der Waals surface area contributed by atoms with Gasteiger partial charge < -0.3 is 4.74 Å². The van der Waals surface area contributed by atoms with Crippen molar-refractivity contribution in [2.45, 2.75) is 43.6 Å². The minimum Gasteiger partial charge on any atom is -0.454 e. The summed E-state index contributed by atoms with van der Waals surface area (Å²) in [6.07, 6.45) is 5.86. The molecule has 4 fully saturated rings. The molecule has 0 aromatic rings. The number of carbonyl (C=O) groups excluding carboxylic acids is 1. The van der Waals surface area contributed by atoms with Gasteiger partial charge in [0, 0.05) is 11.8 Å². The van der Waals surface area contributed by atoms with Crippen LogP contribution in [0.5, 0.6) is 0 Å². The molecule has 4 heteroatoms. The Hall–Kier alpha value is -0.930. The van der Waals surface area contributed by atoms with Gasteiger partial charge in [-0.3, -0.25) is 0 Å². The van der Waals surface area contributed by atoms with E-state index in [1.54, 1.807) is 0 Å². The molecule has 1 aliphatic heterocycles. The van der Waals surface area contributed by atoms with Crippen LogP contribution in [0.3, 0.4) is 0 Å². The third kappa shape index (κ3) is 0.826. The number of allylic oxidation sites excluding steroid dienone is 2. The maximum absolute atomic E-state index is 15.8. The van der Waals surface area contributed by atoms with Gasteiger partial charge in [0.15, 0.2) is 5.67 Å². The number of ether oxygens (including phenoxy) is 1. The topological polar surface area (TPSA) is 26.3 Å². The van der Waals surface area contributed by atoms with E-state index in [-0.39, 0.29) is 17.8 Å². The number of rotatable bonds is 0. The Kier molecular flexibility index (Phi) is 1.66. The normalized spacial score (nSPS) is 63.7. The molecule has 0 spiro atoms. The molecule has 20 heavy (non-hydrogen) atoms. The zero-order valence-electron chi connectivity index (χ0n) is 11.6. The molecule has 8 atom stereocenters. The van der Waals surface area contributed by atoms with E-state index in [0.29, 0.717) is 18.3 Å². The number of cyclic esters (lactones) is 1. The molecule has 0 aromatic heterocycles. The van der Waals surface area contributed by atoms with Gasteiger partial charge in [-0.2, -0.15) is 0 Å². The molecule has 0 radical (unpaired) electrons. The fourth-order valence-corrected chi connectivity index (χ4v) is 6.58. The molecule has 4 unspecified atom stereocenters. The smallest absolute Gasteiger partial charge is 0.348 e. The van der Waals surface area contributed by atoms with Crippen LogP contribution < -0.4 is 0 Å². The maximum atomic E-state index is 15.8. The number of halogens is 2. The second kappa shape index (κ2) is 2.84. The van der Waals surface area contributed by atoms with Crippen LogP contribution in [-0.2, 0) is 9.53 Å². The van der Waals surface area contributed by atoms with Gasteiger partial charge in [0.25, 0.3) is 0 Å². The van der Waals surface area contributed by atoms with E-state index >= 15 is 8.78 Å². The highest BCUT2D eigenvalue weighted by molar-refractivity contribution is 5.87. The molecule has 2 nitrogen and oxygen atoms in total. The molecule has 5 aliphatic rings. The third-order valence-corrected chi connectivity index (χ3v) is 7.09. The van der Waals surface area contributed by atoms with Gasteiger partial charge >= 0.3 is 5.97 Å². The van der Waals surface area contributed by atoms with Gasteiger partial charge in [-0.1, -0.05) is 12.2 Å². The molecule has 0 N–H and O–H groups in total. The Morgan fingerprint density at radius 3 is 2.35 bits per heavy atom. The molecule has 108 valence electrons. The standard InChI is InChI=1S/C16H18F2O2/c1-14(2)16(18)10-6-9(15(16,17)13(19)20-14)11-7-3-4-8(5-7)12(10)11/h3-4,7-12H,5-6H2,1-2H3/t7-,8+,9+,10-,11?,12?,15?,16?/m1/s1. The van der Waals surface area contributed by atoms with E-state index in [1.807, 2.05) is 0 Å². The fraction of sp³-hybridized carbons (Fsp3) is 0.812. The van der Waals surface area contributed by atoms with E-state index < -0.39 is 28.8 Å². The lowest BCUT2D eigenvalue weighted by atomic mass is 9.59. The van der Waals surface area contributed by atoms with Crippen LogP contribution in [-0.4, -0.2) is 22.9 Å². The summed E-state index contributed by atoms with van der Waals surface area (Å²) in [6.45, 7) is 3.07. The molecule has 3 saturated carbocycles. The van der Waals surface area contributed by atoms with E-state index in [9.17, 15) is 4.79 Å². The Morgan fingerprint density at radius 2 is 1.70 bits per heavy atom. The van der Waals surface area contributed by atoms with Gasteiger partial charge in [0.1, 0.15) is 5.60 Å². The highest BCUT2D eigenvalue weighted by Crippen LogP contribution is 2.76. The molecule has 0 amide bonds. The first kappa shape index (κ1) is 11.7. The number of alkyl halides is 2. The summed E-state index contributed by atoms with van der Waals surface area (Å²) in [5, 5.41) is 0. The van der Waals surface area contributed by atoms with Crippen LogP contribution >= 0.6 is 0 Å². The SMILES string of the molecule is CC1(C)OC(=O)C2(F)[C@H]3C[C@H](C4C3[C@@H]3C=C[C@H]4C3)C12F. The predicted molar refractivity (Wildman–Crippen MR) is 67.2 cm³/mol. The van der Waals surface area contributed by atoms with Crippen LogP contribution in [0.1, 0.15) is 26.7 Å². The molecule has 5 rings (SSSR count). The average Bonchev–Trinajstić information content (AvgIpc) is 3.09. The first-order valence-electron chi connectivity index (χ1n) is 7.62. The molecule has 1 heterocycles. The van der Waals surface area contributed by atoms with Crippen molar-refractivity contribution in [2.24, 2.45) is 35.5 Å². The summed E-state index contributed by atoms with van der Waals surface area (Å²) in [5.74, 6) is -0.747. The Bertz CT molecular complexity index is 571. The second-order valence-electron chi connectivity index (χ2n) is 7.88. The van der Waals surface area contributed by atoms with Gasteiger partial charge in [0.2, 0.25) is 5.67 Å². The lowest BCUT2D eigenvalue weighted by molar-refractivity contribution is -0.157.